The first-order valence-corrected chi connectivity index (χ1v) is 10.5. The molecule has 0 atom stereocenters. The number of carbonyl (C=O) groups excluding carboxylic acids is 2. The van der Waals surface area contributed by atoms with Gasteiger partial charge in [-0.05, 0) is 62.1 Å². The Bertz CT molecular complexity index is 1060. The molecule has 30 heavy (non-hydrogen) atoms. The number of anilines is 1. The predicted octanol–water partition coefficient (Wildman–Crippen LogP) is 5.25. The van der Waals surface area contributed by atoms with Gasteiger partial charge in [0.1, 0.15) is 11.4 Å². The molecule has 1 aromatic heterocycles. The van der Waals surface area contributed by atoms with Gasteiger partial charge in [0.15, 0.2) is 0 Å². The van der Waals surface area contributed by atoms with Crippen LogP contribution in [0.15, 0.2) is 71.7 Å². The van der Waals surface area contributed by atoms with Crippen LogP contribution in [0.4, 0.5) is 5.69 Å². The number of hydrogen-bond donors (Lipinski definition) is 2. The summed E-state index contributed by atoms with van der Waals surface area (Å²) >= 11 is 1.48. The third-order valence-corrected chi connectivity index (χ3v) is 5.00. The summed E-state index contributed by atoms with van der Waals surface area (Å²) in [5.41, 5.74) is 2.11. The highest BCUT2D eigenvalue weighted by molar-refractivity contribution is 7.10. The average Bonchev–Trinajstić information content (AvgIpc) is 3.20. The molecule has 2 aromatic carbocycles. The second kappa shape index (κ2) is 9.89. The molecule has 0 saturated heterocycles. The van der Waals surface area contributed by atoms with Crippen molar-refractivity contribution in [2.75, 3.05) is 5.32 Å². The largest absolute Gasteiger partial charge is 0.491 e. The molecule has 0 radical (unpaired) electrons. The van der Waals surface area contributed by atoms with Crippen LogP contribution >= 0.6 is 11.3 Å². The van der Waals surface area contributed by atoms with Crippen LogP contribution in [0.25, 0.3) is 6.08 Å². The smallest absolute Gasteiger partial charge is 0.272 e. The van der Waals surface area contributed by atoms with Crippen LogP contribution in [0.1, 0.15) is 34.6 Å². The van der Waals surface area contributed by atoms with Crippen LogP contribution in [0, 0.1) is 6.92 Å². The summed E-state index contributed by atoms with van der Waals surface area (Å²) < 4.78 is 5.68. The van der Waals surface area contributed by atoms with Gasteiger partial charge in [-0.2, -0.15) is 0 Å². The summed E-state index contributed by atoms with van der Waals surface area (Å²) in [6.45, 7) is 5.74. The van der Waals surface area contributed by atoms with Crippen molar-refractivity contribution in [1.82, 2.24) is 5.32 Å². The SMILES string of the molecule is Cc1ccccc1C(=O)N/C(=C\c1cccs1)C(=O)Nc1cccc(OC(C)C)c1. The fraction of sp³-hybridized carbons (Fsp3) is 0.167. The molecule has 0 aliphatic carbocycles. The minimum absolute atomic E-state index is 0.0265. The van der Waals surface area contributed by atoms with E-state index in [-0.39, 0.29) is 17.7 Å². The standard InChI is InChI=1S/C24H24N2O3S/c1-16(2)29-19-10-6-9-18(14-19)25-24(28)22(15-20-11-7-13-30-20)26-23(27)21-12-5-4-8-17(21)3/h4-16H,1-3H3,(H,25,28)(H,26,27)/b22-15-. The van der Waals surface area contributed by atoms with Gasteiger partial charge in [0.2, 0.25) is 0 Å². The van der Waals surface area contributed by atoms with Crippen molar-refractivity contribution >= 4 is 34.9 Å². The monoisotopic (exact) mass is 420 g/mol. The molecule has 0 fully saturated rings. The fourth-order valence-corrected chi connectivity index (χ4v) is 3.47. The Morgan fingerprint density at radius 2 is 1.83 bits per heavy atom. The Morgan fingerprint density at radius 1 is 1.03 bits per heavy atom. The minimum atomic E-state index is -0.410. The number of amides is 2. The topological polar surface area (TPSA) is 67.4 Å². The van der Waals surface area contributed by atoms with Crippen molar-refractivity contribution in [2.24, 2.45) is 0 Å². The van der Waals surface area contributed by atoms with Crippen LogP contribution in [-0.2, 0) is 4.79 Å². The van der Waals surface area contributed by atoms with E-state index in [2.05, 4.69) is 10.6 Å². The summed E-state index contributed by atoms with van der Waals surface area (Å²) in [7, 11) is 0. The quantitative estimate of drug-likeness (QED) is 0.513. The number of rotatable bonds is 7. The second-order valence-corrected chi connectivity index (χ2v) is 7.97. The molecule has 0 spiro atoms. The van der Waals surface area contributed by atoms with Crippen LogP contribution in [0.2, 0.25) is 0 Å². The molecule has 0 aliphatic heterocycles. The number of ether oxygens (including phenoxy) is 1. The van der Waals surface area contributed by atoms with Crippen LogP contribution in [0.5, 0.6) is 5.75 Å². The van der Waals surface area contributed by atoms with Gasteiger partial charge in [0.05, 0.1) is 6.10 Å². The first-order chi connectivity index (χ1) is 14.4. The lowest BCUT2D eigenvalue weighted by molar-refractivity contribution is -0.113. The number of aryl methyl sites for hydroxylation is 1. The summed E-state index contributed by atoms with van der Waals surface area (Å²) in [5.74, 6) is -0.0782. The lowest BCUT2D eigenvalue weighted by Crippen LogP contribution is -2.31. The van der Waals surface area contributed by atoms with Crippen molar-refractivity contribution in [3.63, 3.8) is 0 Å². The van der Waals surface area contributed by atoms with Crippen molar-refractivity contribution < 1.29 is 14.3 Å². The third kappa shape index (κ3) is 5.81. The number of thiophene rings is 1. The normalized spacial score (nSPS) is 11.3. The van der Waals surface area contributed by atoms with E-state index >= 15 is 0 Å². The fourth-order valence-electron chi connectivity index (χ4n) is 2.81. The maximum Gasteiger partial charge on any atom is 0.272 e. The maximum absolute atomic E-state index is 13.0. The molecular weight excluding hydrogens is 396 g/mol. The first-order valence-electron chi connectivity index (χ1n) is 9.62. The minimum Gasteiger partial charge on any atom is -0.491 e. The van der Waals surface area contributed by atoms with Crippen molar-refractivity contribution in [3.8, 4) is 5.75 Å². The van der Waals surface area contributed by atoms with E-state index in [1.165, 1.54) is 11.3 Å². The van der Waals surface area contributed by atoms with Crippen molar-refractivity contribution in [3.05, 3.63) is 87.7 Å². The van der Waals surface area contributed by atoms with Gasteiger partial charge < -0.3 is 15.4 Å². The molecule has 0 unspecified atom stereocenters. The lowest BCUT2D eigenvalue weighted by atomic mass is 10.1. The molecule has 2 amide bonds. The number of carbonyl (C=O) groups is 2. The molecule has 2 N–H and O–H groups in total. The van der Waals surface area contributed by atoms with E-state index in [1.54, 1.807) is 30.3 Å². The molecule has 5 nitrogen and oxygen atoms in total. The Labute approximate surface area is 180 Å². The van der Waals surface area contributed by atoms with Gasteiger partial charge in [-0.15, -0.1) is 11.3 Å². The van der Waals surface area contributed by atoms with Gasteiger partial charge >= 0.3 is 0 Å². The zero-order chi connectivity index (χ0) is 21.5. The zero-order valence-corrected chi connectivity index (χ0v) is 18.0. The Kier molecular flexibility index (Phi) is 7.03. The van der Waals surface area contributed by atoms with Crippen molar-refractivity contribution in [1.29, 1.82) is 0 Å². The molecule has 154 valence electrons. The Hall–Kier alpha value is -3.38. The summed E-state index contributed by atoms with van der Waals surface area (Å²) in [5, 5.41) is 7.52. The van der Waals surface area contributed by atoms with E-state index in [4.69, 9.17) is 4.74 Å². The highest BCUT2D eigenvalue weighted by Crippen LogP contribution is 2.20. The van der Waals surface area contributed by atoms with Gasteiger partial charge in [0.25, 0.3) is 11.8 Å². The third-order valence-electron chi connectivity index (χ3n) is 4.18. The van der Waals surface area contributed by atoms with E-state index < -0.39 is 5.91 Å². The van der Waals surface area contributed by atoms with Gasteiger partial charge in [0, 0.05) is 22.2 Å². The van der Waals surface area contributed by atoms with E-state index in [9.17, 15) is 9.59 Å². The van der Waals surface area contributed by atoms with Gasteiger partial charge in [-0.25, -0.2) is 0 Å². The highest BCUT2D eigenvalue weighted by atomic mass is 32.1. The summed E-state index contributed by atoms with van der Waals surface area (Å²) in [6, 6.07) is 18.2. The predicted molar refractivity (Wildman–Crippen MR) is 122 cm³/mol. The molecule has 0 saturated carbocycles. The van der Waals surface area contributed by atoms with Gasteiger partial charge in [-0.1, -0.05) is 30.3 Å². The highest BCUT2D eigenvalue weighted by Gasteiger charge is 2.16. The first kappa shape index (κ1) is 21.3. The number of nitrogens with one attached hydrogen (secondary N) is 2. The number of hydrogen-bond acceptors (Lipinski definition) is 4. The van der Waals surface area contributed by atoms with E-state index in [1.807, 2.05) is 62.5 Å². The molecule has 1 heterocycles. The summed E-state index contributed by atoms with van der Waals surface area (Å²) in [4.78, 5) is 26.6. The molecule has 3 aromatic rings. The second-order valence-electron chi connectivity index (χ2n) is 6.99. The van der Waals surface area contributed by atoms with E-state index in [0.717, 1.165) is 10.4 Å². The molecule has 0 aliphatic rings. The molecule has 3 rings (SSSR count). The average molecular weight is 421 g/mol. The van der Waals surface area contributed by atoms with Crippen molar-refractivity contribution in [2.45, 2.75) is 26.9 Å². The molecule has 6 heteroatoms. The summed E-state index contributed by atoms with van der Waals surface area (Å²) in [6.07, 6.45) is 1.70. The van der Waals surface area contributed by atoms with E-state index in [0.29, 0.717) is 17.0 Å². The Balaban J connectivity index is 1.83. The van der Waals surface area contributed by atoms with Crippen LogP contribution in [-0.4, -0.2) is 17.9 Å². The Morgan fingerprint density at radius 3 is 2.53 bits per heavy atom. The lowest BCUT2D eigenvalue weighted by Gasteiger charge is -2.14. The van der Waals surface area contributed by atoms with Gasteiger partial charge in [-0.3, -0.25) is 9.59 Å². The van der Waals surface area contributed by atoms with Crippen LogP contribution < -0.4 is 15.4 Å². The maximum atomic E-state index is 13.0. The van der Waals surface area contributed by atoms with Crippen LogP contribution in [0.3, 0.4) is 0 Å². The number of benzene rings is 2. The molecule has 0 bridgehead atoms. The zero-order valence-electron chi connectivity index (χ0n) is 17.1. The molecular formula is C24H24N2O3S.